The highest BCUT2D eigenvalue weighted by atomic mass is 16.8. The van der Waals surface area contributed by atoms with Crippen LogP contribution in [0.5, 0.6) is 0 Å². The summed E-state index contributed by atoms with van der Waals surface area (Å²) in [5.41, 5.74) is -0.599. The number of aliphatic hydroxyl groups excluding tert-OH is 8. The molecule has 52 heavy (non-hydrogen) atoms. The fraction of sp³-hybridized carbons (Fsp3) is 0.606. The summed E-state index contributed by atoms with van der Waals surface area (Å²) in [5, 5.41) is 90.9. The normalized spacial score (nSPS) is 41.0. The molecule has 4 heterocycles. The van der Waals surface area contributed by atoms with Crippen molar-refractivity contribution in [2.24, 2.45) is 23.7 Å². The van der Waals surface area contributed by atoms with Crippen molar-refractivity contribution in [2.45, 2.75) is 80.4 Å². The molecule has 4 rings (SSSR count). The van der Waals surface area contributed by atoms with E-state index in [1.54, 1.807) is 0 Å². The third-order valence-electron chi connectivity index (χ3n) is 9.42. The van der Waals surface area contributed by atoms with Crippen LogP contribution in [0, 0.1) is 23.7 Å². The first-order valence-corrected chi connectivity index (χ1v) is 16.1. The van der Waals surface area contributed by atoms with Gasteiger partial charge in [0.25, 0.3) is 0 Å². The van der Waals surface area contributed by atoms with Gasteiger partial charge in [0, 0.05) is 17.8 Å². The third kappa shape index (κ3) is 8.30. The molecule has 2 fully saturated rings. The summed E-state index contributed by atoms with van der Waals surface area (Å²) in [6, 6.07) is 0. The van der Waals surface area contributed by atoms with Crippen LogP contribution in [0.2, 0.25) is 0 Å². The number of carbonyl (C=O) groups excluding carboxylic acids is 2. The second-order valence-electron chi connectivity index (χ2n) is 12.4. The topological polar surface area (TPSA) is 298 Å². The molecule has 0 aromatic carbocycles. The fourth-order valence-electron chi connectivity index (χ4n) is 6.47. The molecule has 0 aliphatic carbocycles. The monoisotopic (exact) mass is 744 g/mol. The maximum absolute atomic E-state index is 12.8. The Kier molecular flexibility index (Phi) is 14.2. The lowest BCUT2D eigenvalue weighted by molar-refractivity contribution is -0.339. The maximum Gasteiger partial charge on any atom is 0.337 e. The Morgan fingerprint density at radius 2 is 1.23 bits per heavy atom. The molecule has 0 aromatic heterocycles. The van der Waals surface area contributed by atoms with Gasteiger partial charge in [-0.15, -0.1) is 13.2 Å². The zero-order valence-electron chi connectivity index (χ0n) is 27.8. The van der Waals surface area contributed by atoms with Crippen molar-refractivity contribution in [3.05, 3.63) is 60.6 Å². The molecule has 19 nitrogen and oxygen atoms in total. The van der Waals surface area contributed by atoms with Crippen LogP contribution in [0.15, 0.2) is 60.6 Å². The Bertz CT molecular complexity index is 1390. The minimum absolute atomic E-state index is 0.0485. The highest BCUT2D eigenvalue weighted by molar-refractivity contribution is 5.91. The van der Waals surface area contributed by atoms with Crippen LogP contribution in [0.3, 0.4) is 0 Å². The number of allylic oxidation sites excluding steroid dienone is 2. The molecule has 0 spiro atoms. The van der Waals surface area contributed by atoms with E-state index in [1.165, 1.54) is 18.2 Å². The number of carbonyl (C=O) groups is 3. The van der Waals surface area contributed by atoms with E-state index in [4.69, 9.17) is 33.2 Å². The molecule has 0 saturated carbocycles. The lowest BCUT2D eigenvalue weighted by atomic mass is 9.76. The molecule has 0 radical (unpaired) electrons. The molecule has 19 heteroatoms. The molecule has 0 aromatic rings. The minimum Gasteiger partial charge on any atom is -0.478 e. The molecule has 4 aliphatic rings. The number of methoxy groups -OCH3 is 1. The lowest BCUT2D eigenvalue weighted by Crippen LogP contribution is -2.60. The number of ether oxygens (including phenoxy) is 7. The number of aliphatic hydroxyl groups is 8. The van der Waals surface area contributed by atoms with Crippen LogP contribution < -0.4 is 0 Å². The summed E-state index contributed by atoms with van der Waals surface area (Å²) in [4.78, 5) is 37.9. The molecule has 16 atom stereocenters. The van der Waals surface area contributed by atoms with E-state index in [2.05, 4.69) is 13.2 Å². The van der Waals surface area contributed by atoms with Gasteiger partial charge in [-0.1, -0.05) is 18.2 Å². The summed E-state index contributed by atoms with van der Waals surface area (Å²) in [6.45, 7) is 6.04. The van der Waals surface area contributed by atoms with Crippen molar-refractivity contribution in [1.29, 1.82) is 0 Å². The van der Waals surface area contributed by atoms with Crippen LogP contribution in [0.4, 0.5) is 0 Å². The van der Waals surface area contributed by atoms with E-state index in [9.17, 15) is 60.3 Å². The predicted octanol–water partition coefficient (Wildman–Crippen LogP) is -3.29. The smallest absolute Gasteiger partial charge is 0.337 e. The van der Waals surface area contributed by atoms with E-state index in [1.807, 2.05) is 0 Å². The second-order valence-corrected chi connectivity index (χ2v) is 12.4. The highest BCUT2D eigenvalue weighted by Gasteiger charge is 2.50. The van der Waals surface area contributed by atoms with Gasteiger partial charge >= 0.3 is 11.9 Å². The quantitative estimate of drug-likeness (QED) is 0.0364. The molecule has 4 aliphatic heterocycles. The van der Waals surface area contributed by atoms with Crippen LogP contribution in [0.1, 0.15) is 6.42 Å². The van der Waals surface area contributed by atoms with Crippen LogP contribution >= 0.6 is 0 Å². The van der Waals surface area contributed by atoms with Gasteiger partial charge in [0.2, 0.25) is 12.6 Å². The highest BCUT2D eigenvalue weighted by Crippen LogP contribution is 2.41. The molecule has 9 N–H and O–H groups in total. The Morgan fingerprint density at radius 3 is 1.65 bits per heavy atom. The van der Waals surface area contributed by atoms with E-state index in [-0.39, 0.29) is 17.6 Å². The second kappa shape index (κ2) is 18.0. The Balaban J connectivity index is 1.64. The number of aliphatic carboxylic acids is 1. The van der Waals surface area contributed by atoms with Gasteiger partial charge in [-0.2, -0.15) is 0 Å². The number of rotatable bonds is 14. The molecule has 1 unspecified atom stereocenters. The maximum atomic E-state index is 12.8. The van der Waals surface area contributed by atoms with Gasteiger partial charge in [-0.25, -0.2) is 9.59 Å². The molecule has 290 valence electrons. The van der Waals surface area contributed by atoms with Crippen molar-refractivity contribution in [3.8, 4) is 0 Å². The van der Waals surface area contributed by atoms with Crippen LogP contribution in [-0.2, 0) is 47.5 Å². The molecule has 0 amide bonds. The zero-order chi connectivity index (χ0) is 38.4. The summed E-state index contributed by atoms with van der Waals surface area (Å²) < 4.78 is 38.4. The van der Waals surface area contributed by atoms with Gasteiger partial charge in [0.15, 0.2) is 12.6 Å². The van der Waals surface area contributed by atoms with E-state index in [0.29, 0.717) is 6.29 Å². The first kappa shape index (κ1) is 41.2. The van der Waals surface area contributed by atoms with Crippen molar-refractivity contribution < 1.29 is 93.5 Å². The number of hydrogen-bond acceptors (Lipinski definition) is 18. The number of hydrogen-bond donors (Lipinski definition) is 9. The molecule has 0 bridgehead atoms. The standard InChI is InChI=1S/C33H44O19/c1-4-14-16(17(29(45)46-3)11-47-30(14)51-32-26(41)24(39)22(37)19(9-35)49-32)7-6-13(8-34)21-15(5-2)31(48-12-18(21)28(43)44)52-33-27(42)25(40)23(38)20(10-36)50-33/h4-6,8,11-12,14-16,19-27,30-33,35-42H,1-2,7,9-10H2,3H3,(H,43,44)/b13-6-/t14-,15+,16?,19-,20-,21-,22-,23-,24+,25+,26-,27-,30+,31-,32+,33+/m1/s1. The van der Waals surface area contributed by atoms with Gasteiger partial charge < -0.3 is 79.1 Å². The molecular weight excluding hydrogens is 700 g/mol. The Morgan fingerprint density at radius 1 is 0.750 bits per heavy atom. The molecule has 2 saturated heterocycles. The van der Waals surface area contributed by atoms with Crippen LogP contribution in [0.25, 0.3) is 0 Å². The van der Waals surface area contributed by atoms with Crippen molar-refractivity contribution >= 4 is 18.2 Å². The first-order chi connectivity index (χ1) is 24.8. The largest absolute Gasteiger partial charge is 0.478 e. The van der Waals surface area contributed by atoms with Crippen molar-refractivity contribution in [1.82, 2.24) is 0 Å². The average Bonchev–Trinajstić information content (AvgIpc) is 3.14. The number of carboxylic acid groups (broad SMARTS) is 1. The third-order valence-corrected chi connectivity index (χ3v) is 9.42. The summed E-state index contributed by atoms with van der Waals surface area (Å²) in [5.74, 6) is -6.69. The number of carboxylic acids is 1. The van der Waals surface area contributed by atoms with E-state index >= 15 is 0 Å². The zero-order valence-corrected chi connectivity index (χ0v) is 27.8. The summed E-state index contributed by atoms with van der Waals surface area (Å²) >= 11 is 0. The van der Waals surface area contributed by atoms with Gasteiger partial charge in [-0.05, 0) is 12.0 Å². The minimum atomic E-state index is -1.83. The van der Waals surface area contributed by atoms with Gasteiger partial charge in [-0.3, -0.25) is 4.79 Å². The Labute approximate surface area is 296 Å². The van der Waals surface area contributed by atoms with Crippen molar-refractivity contribution in [2.75, 3.05) is 20.3 Å². The first-order valence-electron chi connectivity index (χ1n) is 16.1. The van der Waals surface area contributed by atoms with E-state index < -0.39 is 128 Å². The van der Waals surface area contributed by atoms with Crippen molar-refractivity contribution in [3.63, 3.8) is 0 Å². The number of aldehydes is 1. The summed E-state index contributed by atoms with van der Waals surface area (Å²) in [7, 11) is 1.11. The lowest BCUT2D eigenvalue weighted by Gasteiger charge is -2.43. The number of esters is 1. The summed E-state index contributed by atoms with van der Waals surface area (Å²) in [6.07, 6.45) is -13.4. The Hall–Kier alpha value is -3.57. The fourth-order valence-corrected chi connectivity index (χ4v) is 6.47. The van der Waals surface area contributed by atoms with Crippen LogP contribution in [-0.4, -0.2) is 158 Å². The predicted molar refractivity (Wildman–Crippen MR) is 168 cm³/mol. The van der Waals surface area contributed by atoms with E-state index in [0.717, 1.165) is 19.6 Å². The van der Waals surface area contributed by atoms with Gasteiger partial charge in [0.1, 0.15) is 55.1 Å². The molecular formula is C33H44O19. The SMILES string of the molecule is C=C[C@@H]1[C@@H](O[C@@H]2O[C@H](CO)[C@@H](O)[C@H](O)[C@H]2O)OC=C(C(=O)O)[C@@H]1/C(C=O)=C\CC1C(C(=O)OC)=CO[C@@H](O[C@@H]2O[C@H](CO)[C@@H](O)[C@H](O)[C@H]2O)[C@@H]1C=C. The van der Waals surface area contributed by atoms with Gasteiger partial charge in [0.05, 0.1) is 49.9 Å². The average molecular weight is 745 g/mol.